The zero-order valence-corrected chi connectivity index (χ0v) is 5.68. The molecule has 3 nitrogen and oxygen atoms in total. The summed E-state index contributed by atoms with van der Waals surface area (Å²) < 4.78 is 5.15. The number of nitrogens with one attached hydrogen (secondary N) is 2. The molecule has 0 unspecified atom stereocenters. The summed E-state index contributed by atoms with van der Waals surface area (Å²) in [4.78, 5) is 0. The van der Waals surface area contributed by atoms with E-state index in [1.165, 1.54) is 5.57 Å². The maximum Gasteiger partial charge on any atom is 0.106 e. The molecule has 0 spiro atoms. The van der Waals surface area contributed by atoms with Crippen LogP contribution in [0.1, 0.15) is 6.42 Å². The standard InChI is InChI=1S/C7H10N2O/c1-2-10-4-7-6(1)3-8-5-9-7/h3-4,8-9H,1-2,5H2. The third-order valence-electron chi connectivity index (χ3n) is 1.69. The van der Waals surface area contributed by atoms with Gasteiger partial charge in [-0.3, -0.25) is 0 Å². The van der Waals surface area contributed by atoms with Gasteiger partial charge >= 0.3 is 0 Å². The van der Waals surface area contributed by atoms with E-state index in [4.69, 9.17) is 4.74 Å². The summed E-state index contributed by atoms with van der Waals surface area (Å²) in [6.07, 6.45) is 4.84. The highest BCUT2D eigenvalue weighted by Crippen LogP contribution is 2.17. The molecule has 0 radical (unpaired) electrons. The van der Waals surface area contributed by atoms with Crippen LogP contribution < -0.4 is 10.6 Å². The lowest BCUT2D eigenvalue weighted by molar-refractivity contribution is 0.235. The highest BCUT2D eigenvalue weighted by atomic mass is 16.5. The smallest absolute Gasteiger partial charge is 0.106 e. The Morgan fingerprint density at radius 2 is 2.50 bits per heavy atom. The van der Waals surface area contributed by atoms with Crippen molar-refractivity contribution in [1.29, 1.82) is 0 Å². The molecule has 0 bridgehead atoms. The topological polar surface area (TPSA) is 33.3 Å². The van der Waals surface area contributed by atoms with Crippen LogP contribution in [-0.2, 0) is 4.74 Å². The van der Waals surface area contributed by atoms with Crippen molar-refractivity contribution in [2.24, 2.45) is 0 Å². The number of hydrogen-bond acceptors (Lipinski definition) is 3. The van der Waals surface area contributed by atoms with Gasteiger partial charge < -0.3 is 15.4 Å². The Morgan fingerprint density at radius 1 is 1.50 bits per heavy atom. The van der Waals surface area contributed by atoms with Gasteiger partial charge in [-0.15, -0.1) is 0 Å². The van der Waals surface area contributed by atoms with Crippen molar-refractivity contribution in [3.05, 3.63) is 23.7 Å². The minimum atomic E-state index is 0.804. The minimum absolute atomic E-state index is 0.804. The van der Waals surface area contributed by atoms with Crippen molar-refractivity contribution in [1.82, 2.24) is 10.6 Å². The molecule has 0 saturated heterocycles. The maximum absolute atomic E-state index is 5.15. The van der Waals surface area contributed by atoms with Crippen molar-refractivity contribution in [3.8, 4) is 0 Å². The summed E-state index contributed by atoms with van der Waals surface area (Å²) in [6, 6.07) is 0. The second-order valence-electron chi connectivity index (χ2n) is 2.38. The molecular weight excluding hydrogens is 128 g/mol. The van der Waals surface area contributed by atoms with Crippen molar-refractivity contribution < 1.29 is 4.74 Å². The number of allylic oxidation sites excluding steroid dienone is 1. The summed E-state index contributed by atoms with van der Waals surface area (Å²) in [7, 11) is 0. The molecule has 0 aromatic carbocycles. The summed E-state index contributed by atoms with van der Waals surface area (Å²) in [5.41, 5.74) is 2.45. The van der Waals surface area contributed by atoms with Gasteiger partial charge in [0.25, 0.3) is 0 Å². The molecule has 3 heteroatoms. The third kappa shape index (κ3) is 0.835. The number of rotatable bonds is 0. The molecule has 2 N–H and O–H groups in total. The minimum Gasteiger partial charge on any atom is -0.499 e. The molecule has 0 atom stereocenters. The van der Waals surface area contributed by atoms with E-state index in [2.05, 4.69) is 10.6 Å². The summed E-state index contributed by atoms with van der Waals surface area (Å²) in [6.45, 7) is 1.61. The molecule has 0 aromatic heterocycles. The molecule has 0 aliphatic carbocycles. The summed E-state index contributed by atoms with van der Waals surface area (Å²) in [5, 5.41) is 6.29. The van der Waals surface area contributed by atoms with Crippen LogP contribution in [0, 0.1) is 0 Å². The lowest BCUT2D eigenvalue weighted by atomic mass is 10.1. The average molecular weight is 138 g/mol. The first-order valence-corrected chi connectivity index (χ1v) is 3.45. The lowest BCUT2D eigenvalue weighted by Gasteiger charge is -2.23. The Morgan fingerprint density at radius 3 is 3.40 bits per heavy atom. The van der Waals surface area contributed by atoms with Gasteiger partial charge in [0.2, 0.25) is 0 Å². The predicted molar refractivity (Wildman–Crippen MR) is 37.9 cm³/mol. The first kappa shape index (κ1) is 5.65. The van der Waals surface area contributed by atoms with Crippen molar-refractivity contribution >= 4 is 0 Å². The van der Waals surface area contributed by atoms with E-state index in [-0.39, 0.29) is 0 Å². The molecular formula is C7H10N2O. The van der Waals surface area contributed by atoms with E-state index in [1.54, 1.807) is 6.26 Å². The molecule has 2 rings (SSSR count). The zero-order valence-electron chi connectivity index (χ0n) is 5.68. The van der Waals surface area contributed by atoms with Crippen molar-refractivity contribution in [3.63, 3.8) is 0 Å². The Labute approximate surface area is 59.8 Å². The fraction of sp³-hybridized carbons (Fsp3) is 0.429. The second kappa shape index (κ2) is 2.25. The van der Waals surface area contributed by atoms with Gasteiger partial charge in [0, 0.05) is 12.6 Å². The SMILES string of the molecule is C1=C2CCOC=C2NCN1. The monoisotopic (exact) mass is 138 g/mol. The first-order valence-electron chi connectivity index (χ1n) is 3.45. The summed E-state index contributed by atoms with van der Waals surface area (Å²) in [5.74, 6) is 0. The number of ether oxygens (including phenoxy) is 1. The van der Waals surface area contributed by atoms with Crippen LogP contribution in [0.5, 0.6) is 0 Å². The van der Waals surface area contributed by atoms with E-state index in [9.17, 15) is 0 Å². The van der Waals surface area contributed by atoms with Crippen LogP contribution in [0.2, 0.25) is 0 Å². The molecule has 0 fully saturated rings. The maximum atomic E-state index is 5.15. The van der Waals surface area contributed by atoms with E-state index in [1.807, 2.05) is 6.20 Å². The average Bonchev–Trinajstić information content (AvgIpc) is 2.05. The molecule has 0 saturated carbocycles. The van der Waals surface area contributed by atoms with Crippen LogP contribution in [-0.4, -0.2) is 13.3 Å². The Kier molecular flexibility index (Phi) is 1.27. The van der Waals surface area contributed by atoms with Crippen molar-refractivity contribution in [2.75, 3.05) is 13.3 Å². The highest BCUT2D eigenvalue weighted by Gasteiger charge is 2.12. The van der Waals surface area contributed by atoms with Crippen molar-refractivity contribution in [2.45, 2.75) is 6.42 Å². The van der Waals surface area contributed by atoms with Gasteiger partial charge in [-0.25, -0.2) is 0 Å². The van der Waals surface area contributed by atoms with E-state index < -0.39 is 0 Å². The fourth-order valence-electron chi connectivity index (χ4n) is 1.15. The van der Waals surface area contributed by atoms with E-state index in [0.717, 1.165) is 25.4 Å². The van der Waals surface area contributed by atoms with Crippen LogP contribution >= 0.6 is 0 Å². The quantitative estimate of drug-likeness (QED) is 0.504. The van der Waals surface area contributed by atoms with Gasteiger partial charge in [-0.2, -0.15) is 0 Å². The first-order chi connectivity index (χ1) is 4.97. The van der Waals surface area contributed by atoms with E-state index in [0.29, 0.717) is 0 Å². The molecule has 54 valence electrons. The Balaban J connectivity index is 2.25. The third-order valence-corrected chi connectivity index (χ3v) is 1.69. The van der Waals surface area contributed by atoms with Gasteiger partial charge in [-0.05, 0) is 5.57 Å². The molecule has 0 aromatic rings. The second-order valence-corrected chi connectivity index (χ2v) is 2.38. The molecule has 2 aliphatic heterocycles. The predicted octanol–water partition coefficient (Wildman–Crippen LogP) is 0.282. The van der Waals surface area contributed by atoms with Gasteiger partial charge in [-0.1, -0.05) is 0 Å². The fourth-order valence-corrected chi connectivity index (χ4v) is 1.15. The Hall–Kier alpha value is -1.12. The number of fused-ring (bicyclic) bond motifs is 1. The summed E-state index contributed by atoms with van der Waals surface area (Å²) >= 11 is 0. The van der Waals surface area contributed by atoms with Crippen LogP contribution in [0.4, 0.5) is 0 Å². The van der Waals surface area contributed by atoms with Crippen LogP contribution in [0.15, 0.2) is 23.7 Å². The number of hydrogen-bond donors (Lipinski definition) is 2. The van der Waals surface area contributed by atoms with Gasteiger partial charge in [0.15, 0.2) is 0 Å². The van der Waals surface area contributed by atoms with E-state index >= 15 is 0 Å². The normalized spacial score (nSPS) is 22.4. The lowest BCUT2D eigenvalue weighted by Crippen LogP contribution is -2.32. The molecule has 2 heterocycles. The van der Waals surface area contributed by atoms with Crippen LogP contribution in [0.3, 0.4) is 0 Å². The molecule has 0 amide bonds. The largest absolute Gasteiger partial charge is 0.499 e. The zero-order chi connectivity index (χ0) is 6.81. The molecule has 10 heavy (non-hydrogen) atoms. The van der Waals surface area contributed by atoms with Gasteiger partial charge in [0.05, 0.1) is 19.0 Å². The molecule has 2 aliphatic rings. The highest BCUT2D eigenvalue weighted by molar-refractivity contribution is 5.31. The Bertz CT molecular complexity index is 174. The van der Waals surface area contributed by atoms with Crippen LogP contribution in [0.25, 0.3) is 0 Å². The van der Waals surface area contributed by atoms with Gasteiger partial charge in [0.1, 0.15) is 6.26 Å².